The third kappa shape index (κ3) is 4.10. The van der Waals surface area contributed by atoms with E-state index in [2.05, 4.69) is 78.0 Å². The SMILES string of the molecule is CC(C)(C)/C=C/C1(/C=C/C(C)(C)C)C(=O)C=Cc2ccccc21. The van der Waals surface area contributed by atoms with E-state index in [0.717, 1.165) is 11.1 Å². The lowest BCUT2D eigenvalue weighted by Crippen LogP contribution is -2.34. The fourth-order valence-electron chi connectivity index (χ4n) is 2.62. The minimum Gasteiger partial charge on any atom is -0.293 e. The van der Waals surface area contributed by atoms with Crippen molar-refractivity contribution < 1.29 is 4.79 Å². The highest BCUT2D eigenvalue weighted by atomic mass is 16.1. The van der Waals surface area contributed by atoms with Crippen molar-refractivity contribution in [3.63, 3.8) is 0 Å². The van der Waals surface area contributed by atoms with Gasteiger partial charge in [0.25, 0.3) is 0 Å². The number of benzene rings is 1. The Morgan fingerprint density at radius 1 is 0.826 bits per heavy atom. The molecule has 0 spiro atoms. The van der Waals surface area contributed by atoms with E-state index in [9.17, 15) is 4.79 Å². The molecule has 0 saturated carbocycles. The minimum absolute atomic E-state index is 0.0267. The molecule has 0 unspecified atom stereocenters. The quantitative estimate of drug-likeness (QED) is 0.638. The van der Waals surface area contributed by atoms with Gasteiger partial charge in [-0.05, 0) is 28.0 Å². The maximum absolute atomic E-state index is 12.9. The van der Waals surface area contributed by atoms with E-state index in [4.69, 9.17) is 0 Å². The van der Waals surface area contributed by atoms with Crippen LogP contribution in [-0.2, 0) is 10.2 Å². The number of hydrogen-bond acceptors (Lipinski definition) is 1. The Bertz CT molecular complexity index is 649. The second-order valence-corrected chi connectivity index (χ2v) is 8.55. The largest absolute Gasteiger partial charge is 0.293 e. The summed E-state index contributed by atoms with van der Waals surface area (Å²) in [5.74, 6) is 0.122. The molecule has 0 N–H and O–H groups in total. The monoisotopic (exact) mass is 308 g/mol. The van der Waals surface area contributed by atoms with Gasteiger partial charge in [0, 0.05) is 0 Å². The zero-order valence-corrected chi connectivity index (χ0v) is 15.2. The van der Waals surface area contributed by atoms with Gasteiger partial charge in [-0.2, -0.15) is 0 Å². The van der Waals surface area contributed by atoms with Crippen LogP contribution in [0.25, 0.3) is 6.08 Å². The lowest BCUT2D eigenvalue weighted by atomic mass is 9.69. The van der Waals surface area contributed by atoms with E-state index in [1.807, 2.05) is 18.2 Å². The van der Waals surface area contributed by atoms with Crippen LogP contribution < -0.4 is 0 Å². The van der Waals surface area contributed by atoms with Crippen molar-refractivity contribution >= 4 is 11.9 Å². The van der Waals surface area contributed by atoms with Crippen molar-refractivity contribution in [2.45, 2.75) is 47.0 Å². The molecule has 23 heavy (non-hydrogen) atoms. The summed E-state index contributed by atoms with van der Waals surface area (Å²) >= 11 is 0. The fourth-order valence-corrected chi connectivity index (χ4v) is 2.62. The molecule has 0 bridgehead atoms. The van der Waals surface area contributed by atoms with Crippen molar-refractivity contribution in [1.82, 2.24) is 0 Å². The van der Waals surface area contributed by atoms with Gasteiger partial charge in [-0.15, -0.1) is 0 Å². The standard InChI is InChI=1S/C22H28O/c1-20(2,3)13-15-22(16-14-21(4,5)6)18-10-8-7-9-17(18)11-12-19(22)23/h7-16H,1-6H3/b15-13+,16-14+. The molecule has 1 aromatic carbocycles. The first-order chi connectivity index (χ1) is 10.5. The van der Waals surface area contributed by atoms with Gasteiger partial charge >= 0.3 is 0 Å². The molecule has 1 aromatic rings. The fraction of sp³-hybridized carbons (Fsp3) is 0.409. The van der Waals surface area contributed by atoms with E-state index in [1.165, 1.54) is 0 Å². The Hall–Kier alpha value is -1.89. The topological polar surface area (TPSA) is 17.1 Å². The Kier molecular flexibility index (Phi) is 4.52. The molecule has 122 valence electrons. The normalized spacial score (nSPS) is 17.9. The Balaban J connectivity index is 2.67. The molecule has 2 rings (SSSR count). The van der Waals surface area contributed by atoms with Crippen LogP contribution in [0.1, 0.15) is 52.7 Å². The first-order valence-electron chi connectivity index (χ1n) is 8.26. The number of fused-ring (bicyclic) bond motifs is 1. The number of hydrogen-bond donors (Lipinski definition) is 0. The van der Waals surface area contributed by atoms with Gasteiger partial charge in [-0.25, -0.2) is 0 Å². The molecule has 0 saturated heterocycles. The third-order valence-corrected chi connectivity index (χ3v) is 3.92. The summed E-state index contributed by atoms with van der Waals surface area (Å²) in [6.45, 7) is 12.9. The van der Waals surface area contributed by atoms with E-state index < -0.39 is 5.41 Å². The van der Waals surface area contributed by atoms with Crippen molar-refractivity contribution in [1.29, 1.82) is 0 Å². The average Bonchev–Trinajstić information content (AvgIpc) is 2.44. The molecule has 1 heteroatoms. The molecule has 0 heterocycles. The Morgan fingerprint density at radius 2 is 1.35 bits per heavy atom. The van der Waals surface area contributed by atoms with E-state index in [-0.39, 0.29) is 16.6 Å². The van der Waals surface area contributed by atoms with Crippen LogP contribution in [-0.4, -0.2) is 5.78 Å². The van der Waals surface area contributed by atoms with Gasteiger partial charge in [0.15, 0.2) is 5.78 Å². The third-order valence-electron chi connectivity index (χ3n) is 3.92. The summed E-state index contributed by atoms with van der Waals surface area (Å²) in [5.41, 5.74) is 1.53. The summed E-state index contributed by atoms with van der Waals surface area (Å²) in [5, 5.41) is 0. The number of carbonyl (C=O) groups excluding carboxylic acids is 1. The predicted octanol–water partition coefficient (Wildman–Crippen LogP) is 5.72. The molecular weight excluding hydrogens is 280 g/mol. The zero-order valence-electron chi connectivity index (χ0n) is 15.2. The van der Waals surface area contributed by atoms with Crippen LogP contribution in [0.3, 0.4) is 0 Å². The molecule has 1 nitrogen and oxygen atoms in total. The van der Waals surface area contributed by atoms with E-state index in [0.29, 0.717) is 0 Å². The lowest BCUT2D eigenvalue weighted by molar-refractivity contribution is -0.117. The zero-order chi connectivity index (χ0) is 17.3. The molecular formula is C22H28O. The first kappa shape index (κ1) is 17.5. The molecule has 0 aliphatic heterocycles. The number of rotatable bonds is 2. The maximum Gasteiger partial charge on any atom is 0.173 e. The molecule has 0 radical (unpaired) electrons. The smallest absolute Gasteiger partial charge is 0.173 e. The molecule has 1 aliphatic rings. The van der Waals surface area contributed by atoms with Crippen LogP contribution in [0.15, 0.2) is 54.6 Å². The average molecular weight is 308 g/mol. The van der Waals surface area contributed by atoms with Crippen LogP contribution in [0, 0.1) is 10.8 Å². The molecule has 0 amide bonds. The van der Waals surface area contributed by atoms with E-state index >= 15 is 0 Å². The van der Waals surface area contributed by atoms with Crippen molar-refractivity contribution in [2.75, 3.05) is 0 Å². The lowest BCUT2D eigenvalue weighted by Gasteiger charge is -2.32. The number of allylic oxidation sites excluding steroid dienone is 5. The van der Waals surface area contributed by atoms with Gasteiger partial charge in [0.05, 0.1) is 5.41 Å². The highest BCUT2D eigenvalue weighted by Crippen LogP contribution is 2.38. The van der Waals surface area contributed by atoms with Crippen LogP contribution in [0.5, 0.6) is 0 Å². The second-order valence-electron chi connectivity index (χ2n) is 8.55. The van der Waals surface area contributed by atoms with Gasteiger partial charge < -0.3 is 0 Å². The molecule has 1 aliphatic carbocycles. The molecule has 0 atom stereocenters. The second kappa shape index (κ2) is 5.96. The highest BCUT2D eigenvalue weighted by molar-refractivity contribution is 6.08. The first-order valence-corrected chi connectivity index (χ1v) is 8.26. The Labute approximate surface area is 140 Å². The van der Waals surface area contributed by atoms with Crippen molar-refractivity contribution in [3.05, 3.63) is 65.8 Å². The molecule has 0 aromatic heterocycles. The summed E-state index contributed by atoms with van der Waals surface area (Å²) in [6, 6.07) is 8.17. The minimum atomic E-state index is -0.702. The number of carbonyl (C=O) groups is 1. The molecule has 0 fully saturated rings. The highest BCUT2D eigenvalue weighted by Gasteiger charge is 2.37. The van der Waals surface area contributed by atoms with Gasteiger partial charge in [0.2, 0.25) is 0 Å². The summed E-state index contributed by atoms with van der Waals surface area (Å²) in [6.07, 6.45) is 12.1. The van der Waals surface area contributed by atoms with Crippen LogP contribution >= 0.6 is 0 Å². The summed E-state index contributed by atoms with van der Waals surface area (Å²) in [7, 11) is 0. The van der Waals surface area contributed by atoms with Crippen molar-refractivity contribution in [3.8, 4) is 0 Å². The number of ketones is 1. The summed E-state index contributed by atoms with van der Waals surface area (Å²) in [4.78, 5) is 12.9. The Morgan fingerprint density at radius 3 is 1.87 bits per heavy atom. The van der Waals surface area contributed by atoms with Crippen LogP contribution in [0.4, 0.5) is 0 Å². The van der Waals surface area contributed by atoms with Gasteiger partial charge in [0.1, 0.15) is 0 Å². The van der Waals surface area contributed by atoms with Gasteiger partial charge in [-0.3, -0.25) is 4.79 Å². The summed E-state index contributed by atoms with van der Waals surface area (Å²) < 4.78 is 0. The predicted molar refractivity (Wildman–Crippen MR) is 99.4 cm³/mol. The van der Waals surface area contributed by atoms with Crippen molar-refractivity contribution in [2.24, 2.45) is 10.8 Å². The maximum atomic E-state index is 12.9. The van der Waals surface area contributed by atoms with E-state index in [1.54, 1.807) is 6.08 Å². The van der Waals surface area contributed by atoms with Crippen LogP contribution in [0.2, 0.25) is 0 Å². The van der Waals surface area contributed by atoms with Gasteiger partial charge in [-0.1, -0.05) is 96.2 Å².